The van der Waals surface area contributed by atoms with Crippen molar-refractivity contribution in [2.24, 2.45) is 0 Å². The normalized spacial score (nSPS) is 14.3. The van der Waals surface area contributed by atoms with Crippen LogP contribution in [0.4, 0.5) is 10.5 Å². The van der Waals surface area contributed by atoms with Gasteiger partial charge in [0.1, 0.15) is 12.4 Å². The van der Waals surface area contributed by atoms with Gasteiger partial charge in [-0.05, 0) is 24.3 Å². The molecule has 1 fully saturated rings. The van der Waals surface area contributed by atoms with Crippen molar-refractivity contribution < 1.29 is 14.3 Å². The van der Waals surface area contributed by atoms with Crippen molar-refractivity contribution in [1.82, 2.24) is 9.88 Å². The lowest BCUT2D eigenvalue weighted by Crippen LogP contribution is -2.43. The monoisotopic (exact) mass is 313 g/mol. The third-order valence-electron chi connectivity index (χ3n) is 3.50. The van der Waals surface area contributed by atoms with Gasteiger partial charge in [0.2, 0.25) is 0 Å². The first-order chi connectivity index (χ1) is 11.3. The Morgan fingerprint density at radius 3 is 2.87 bits per heavy atom. The summed E-state index contributed by atoms with van der Waals surface area (Å²) in [5.74, 6) is 0.690. The van der Waals surface area contributed by atoms with E-state index in [9.17, 15) is 4.79 Å². The number of urea groups is 1. The number of anilines is 1. The minimum absolute atomic E-state index is 0.116. The predicted molar refractivity (Wildman–Crippen MR) is 86.4 cm³/mol. The standard InChI is InChI=1S/C17H19N3O3/c21-17(20-8-10-22-11-9-20)19-14-5-3-6-16(12-14)23-13-15-4-1-2-7-18-15/h1-7,12H,8-11,13H2,(H,19,21). The molecule has 23 heavy (non-hydrogen) atoms. The maximum Gasteiger partial charge on any atom is 0.322 e. The Balaban J connectivity index is 1.57. The second-order valence-electron chi connectivity index (χ2n) is 5.17. The lowest BCUT2D eigenvalue weighted by molar-refractivity contribution is 0.0564. The number of hydrogen-bond acceptors (Lipinski definition) is 4. The number of benzene rings is 1. The number of carbonyl (C=O) groups excluding carboxylic acids is 1. The zero-order valence-electron chi connectivity index (χ0n) is 12.8. The van der Waals surface area contributed by atoms with Crippen LogP contribution in [-0.4, -0.2) is 42.2 Å². The van der Waals surface area contributed by atoms with Crippen LogP contribution >= 0.6 is 0 Å². The predicted octanol–water partition coefficient (Wildman–Crippen LogP) is 2.52. The van der Waals surface area contributed by atoms with Gasteiger partial charge in [-0.2, -0.15) is 0 Å². The Morgan fingerprint density at radius 1 is 1.22 bits per heavy atom. The summed E-state index contributed by atoms with van der Waals surface area (Å²) in [6, 6.07) is 12.9. The molecule has 0 radical (unpaired) electrons. The Hall–Kier alpha value is -2.60. The average Bonchev–Trinajstić information content (AvgIpc) is 2.62. The highest BCUT2D eigenvalue weighted by molar-refractivity contribution is 5.89. The molecule has 0 aliphatic carbocycles. The fraction of sp³-hybridized carbons (Fsp3) is 0.294. The number of ether oxygens (including phenoxy) is 2. The lowest BCUT2D eigenvalue weighted by atomic mass is 10.3. The maximum atomic E-state index is 12.2. The molecule has 6 nitrogen and oxygen atoms in total. The number of rotatable bonds is 4. The largest absolute Gasteiger partial charge is 0.487 e. The molecule has 2 amide bonds. The second-order valence-corrected chi connectivity index (χ2v) is 5.17. The van der Waals surface area contributed by atoms with Gasteiger partial charge in [-0.3, -0.25) is 4.98 Å². The van der Waals surface area contributed by atoms with Gasteiger partial charge in [0.15, 0.2) is 0 Å². The summed E-state index contributed by atoms with van der Waals surface area (Å²) in [5, 5.41) is 2.89. The third-order valence-corrected chi connectivity index (χ3v) is 3.50. The Kier molecular flexibility index (Phi) is 5.06. The number of carbonyl (C=O) groups is 1. The summed E-state index contributed by atoms with van der Waals surface area (Å²) in [6.07, 6.45) is 1.73. The summed E-state index contributed by atoms with van der Waals surface area (Å²) in [4.78, 5) is 18.1. The molecule has 1 aromatic carbocycles. The molecular formula is C17H19N3O3. The molecule has 1 saturated heterocycles. The topological polar surface area (TPSA) is 63.7 Å². The zero-order chi connectivity index (χ0) is 15.9. The van der Waals surface area contributed by atoms with Gasteiger partial charge in [-0.1, -0.05) is 12.1 Å². The molecule has 2 heterocycles. The number of morpholine rings is 1. The van der Waals surface area contributed by atoms with E-state index >= 15 is 0 Å². The van der Waals surface area contributed by atoms with E-state index in [1.54, 1.807) is 17.2 Å². The molecule has 2 aromatic rings. The Morgan fingerprint density at radius 2 is 2.09 bits per heavy atom. The van der Waals surface area contributed by atoms with Crippen LogP contribution < -0.4 is 10.1 Å². The van der Waals surface area contributed by atoms with Gasteiger partial charge in [0.25, 0.3) is 0 Å². The number of nitrogens with one attached hydrogen (secondary N) is 1. The lowest BCUT2D eigenvalue weighted by Gasteiger charge is -2.26. The highest BCUT2D eigenvalue weighted by Crippen LogP contribution is 2.19. The average molecular weight is 313 g/mol. The van der Waals surface area contributed by atoms with E-state index < -0.39 is 0 Å². The first-order valence-electron chi connectivity index (χ1n) is 7.58. The van der Waals surface area contributed by atoms with Gasteiger partial charge in [-0.15, -0.1) is 0 Å². The quantitative estimate of drug-likeness (QED) is 0.942. The van der Waals surface area contributed by atoms with Crippen LogP contribution in [0.5, 0.6) is 5.75 Å². The van der Waals surface area contributed by atoms with Crippen LogP contribution in [0.15, 0.2) is 48.7 Å². The molecule has 3 rings (SSSR count). The van der Waals surface area contributed by atoms with E-state index in [0.29, 0.717) is 44.3 Å². The van der Waals surface area contributed by atoms with E-state index in [1.807, 2.05) is 36.4 Å². The summed E-state index contributed by atoms with van der Waals surface area (Å²) in [5.41, 5.74) is 1.57. The fourth-order valence-electron chi connectivity index (χ4n) is 2.27. The Labute approximate surface area is 135 Å². The highest BCUT2D eigenvalue weighted by atomic mass is 16.5. The molecule has 0 unspecified atom stereocenters. The number of nitrogens with zero attached hydrogens (tertiary/aromatic N) is 2. The van der Waals surface area contributed by atoms with Crippen molar-refractivity contribution in [3.63, 3.8) is 0 Å². The number of amides is 2. The van der Waals surface area contributed by atoms with Crippen molar-refractivity contribution in [2.45, 2.75) is 6.61 Å². The second kappa shape index (κ2) is 7.60. The molecule has 1 N–H and O–H groups in total. The van der Waals surface area contributed by atoms with Crippen LogP contribution in [0.25, 0.3) is 0 Å². The summed E-state index contributed by atoms with van der Waals surface area (Å²) < 4.78 is 11.0. The molecule has 1 aromatic heterocycles. The van der Waals surface area contributed by atoms with Gasteiger partial charge in [0, 0.05) is 31.0 Å². The van der Waals surface area contributed by atoms with Crippen molar-refractivity contribution in [3.05, 3.63) is 54.4 Å². The number of aromatic nitrogens is 1. The van der Waals surface area contributed by atoms with E-state index in [-0.39, 0.29) is 6.03 Å². The number of hydrogen-bond donors (Lipinski definition) is 1. The van der Waals surface area contributed by atoms with E-state index in [0.717, 1.165) is 5.69 Å². The van der Waals surface area contributed by atoms with Gasteiger partial charge in [-0.25, -0.2) is 4.79 Å². The van der Waals surface area contributed by atoms with E-state index in [1.165, 1.54) is 0 Å². The Bertz CT molecular complexity index is 643. The van der Waals surface area contributed by atoms with Crippen molar-refractivity contribution in [3.8, 4) is 5.75 Å². The molecule has 1 aliphatic heterocycles. The van der Waals surface area contributed by atoms with Crippen LogP contribution in [0.1, 0.15) is 5.69 Å². The van der Waals surface area contributed by atoms with E-state index in [4.69, 9.17) is 9.47 Å². The minimum atomic E-state index is -0.116. The molecule has 0 bridgehead atoms. The van der Waals surface area contributed by atoms with Gasteiger partial charge < -0.3 is 19.7 Å². The van der Waals surface area contributed by atoms with Crippen LogP contribution in [0, 0.1) is 0 Å². The SMILES string of the molecule is O=C(Nc1cccc(OCc2ccccn2)c1)N1CCOCC1. The smallest absolute Gasteiger partial charge is 0.322 e. The molecule has 120 valence electrons. The molecule has 6 heteroatoms. The maximum absolute atomic E-state index is 12.2. The highest BCUT2D eigenvalue weighted by Gasteiger charge is 2.16. The molecule has 0 spiro atoms. The van der Waals surface area contributed by atoms with Gasteiger partial charge >= 0.3 is 6.03 Å². The molecular weight excluding hydrogens is 294 g/mol. The summed E-state index contributed by atoms with van der Waals surface area (Å²) in [7, 11) is 0. The van der Waals surface area contributed by atoms with E-state index in [2.05, 4.69) is 10.3 Å². The van der Waals surface area contributed by atoms with Crippen molar-refractivity contribution >= 4 is 11.7 Å². The third kappa shape index (κ3) is 4.43. The molecule has 1 aliphatic rings. The molecule has 0 atom stereocenters. The van der Waals surface area contributed by atoms with Crippen LogP contribution in [0.3, 0.4) is 0 Å². The fourth-order valence-corrected chi connectivity index (χ4v) is 2.27. The summed E-state index contributed by atoms with van der Waals surface area (Å²) in [6.45, 7) is 2.78. The van der Waals surface area contributed by atoms with Crippen molar-refractivity contribution in [1.29, 1.82) is 0 Å². The zero-order valence-corrected chi connectivity index (χ0v) is 12.8. The minimum Gasteiger partial charge on any atom is -0.487 e. The van der Waals surface area contributed by atoms with Crippen LogP contribution in [-0.2, 0) is 11.3 Å². The summed E-state index contributed by atoms with van der Waals surface area (Å²) >= 11 is 0. The first kappa shape index (κ1) is 15.3. The van der Waals surface area contributed by atoms with Crippen molar-refractivity contribution in [2.75, 3.05) is 31.6 Å². The molecule has 0 saturated carbocycles. The first-order valence-corrected chi connectivity index (χ1v) is 7.58. The van der Waals surface area contributed by atoms with Crippen LogP contribution in [0.2, 0.25) is 0 Å². The number of pyridine rings is 1. The van der Waals surface area contributed by atoms with Gasteiger partial charge in [0.05, 0.1) is 18.9 Å².